The molecule has 0 spiro atoms. The summed E-state index contributed by atoms with van der Waals surface area (Å²) in [5.41, 5.74) is 6.66. The number of nitrogens with one attached hydrogen (secondary N) is 1. The van der Waals surface area contributed by atoms with Crippen molar-refractivity contribution in [3.63, 3.8) is 0 Å². The van der Waals surface area contributed by atoms with Crippen molar-refractivity contribution in [1.29, 1.82) is 0 Å². The lowest BCUT2D eigenvalue weighted by Crippen LogP contribution is -2.29. The van der Waals surface area contributed by atoms with E-state index in [4.69, 9.17) is 19.9 Å². The zero-order valence-corrected chi connectivity index (χ0v) is 11.9. The summed E-state index contributed by atoms with van der Waals surface area (Å²) in [6, 6.07) is 3.23. The van der Waals surface area contributed by atoms with E-state index in [0.29, 0.717) is 42.0 Å². The van der Waals surface area contributed by atoms with Gasteiger partial charge < -0.3 is 25.3 Å². The van der Waals surface area contributed by atoms with Crippen molar-refractivity contribution in [2.45, 2.75) is 31.8 Å². The molecule has 6 heteroatoms. The van der Waals surface area contributed by atoms with Gasteiger partial charge in [0.1, 0.15) is 0 Å². The molecule has 1 aliphatic carbocycles. The summed E-state index contributed by atoms with van der Waals surface area (Å²) < 4.78 is 16.2. The molecular weight excluding hydrogens is 272 g/mol. The van der Waals surface area contributed by atoms with E-state index in [1.165, 1.54) is 12.8 Å². The van der Waals surface area contributed by atoms with E-state index in [1.807, 2.05) is 0 Å². The highest BCUT2D eigenvalue weighted by Crippen LogP contribution is 2.35. The van der Waals surface area contributed by atoms with Gasteiger partial charge in [0.05, 0.1) is 18.3 Å². The maximum absolute atomic E-state index is 12.1. The fourth-order valence-electron chi connectivity index (χ4n) is 2.69. The van der Waals surface area contributed by atoms with Gasteiger partial charge in [0.2, 0.25) is 6.79 Å². The zero-order valence-electron chi connectivity index (χ0n) is 11.9. The lowest BCUT2D eigenvalue weighted by Gasteiger charge is -2.12. The van der Waals surface area contributed by atoms with Crippen LogP contribution in [0, 0.1) is 0 Å². The van der Waals surface area contributed by atoms with Gasteiger partial charge in [-0.2, -0.15) is 0 Å². The first-order valence-corrected chi connectivity index (χ1v) is 7.33. The lowest BCUT2D eigenvalue weighted by molar-refractivity contribution is 0.0582. The Kier molecular flexibility index (Phi) is 4.15. The van der Waals surface area contributed by atoms with E-state index < -0.39 is 0 Å². The molecule has 3 N–H and O–H groups in total. The Morgan fingerprint density at radius 3 is 2.76 bits per heavy atom. The monoisotopic (exact) mass is 292 g/mol. The fourth-order valence-corrected chi connectivity index (χ4v) is 2.69. The molecular formula is C15H20N2O4. The van der Waals surface area contributed by atoms with Crippen LogP contribution in [0.5, 0.6) is 11.5 Å². The van der Waals surface area contributed by atoms with Gasteiger partial charge in [-0.25, -0.2) is 0 Å². The third-order valence-corrected chi connectivity index (χ3v) is 3.83. The minimum atomic E-state index is -0.221. The number of nitrogen functional groups attached to an aromatic ring is 1. The first-order valence-electron chi connectivity index (χ1n) is 7.33. The van der Waals surface area contributed by atoms with Crippen LogP contribution in [0.15, 0.2) is 12.1 Å². The summed E-state index contributed by atoms with van der Waals surface area (Å²) in [4.78, 5) is 12.1. The quantitative estimate of drug-likeness (QED) is 0.637. The third-order valence-electron chi connectivity index (χ3n) is 3.83. The van der Waals surface area contributed by atoms with Crippen LogP contribution < -0.4 is 20.5 Å². The predicted octanol–water partition coefficient (Wildman–Crippen LogP) is 1.69. The number of hydrogen-bond donors (Lipinski definition) is 2. The summed E-state index contributed by atoms with van der Waals surface area (Å²) in [6.45, 7) is 1.17. The molecule has 0 radical (unpaired) electrons. The number of ether oxygens (including phenoxy) is 3. The van der Waals surface area contributed by atoms with Gasteiger partial charge in [0, 0.05) is 18.3 Å². The first-order chi connectivity index (χ1) is 10.2. The van der Waals surface area contributed by atoms with Crippen LogP contribution in [0.1, 0.15) is 36.0 Å². The molecule has 1 fully saturated rings. The molecule has 0 saturated heterocycles. The van der Waals surface area contributed by atoms with Crippen LogP contribution in [0.3, 0.4) is 0 Å². The van der Waals surface area contributed by atoms with Crippen molar-refractivity contribution < 1.29 is 19.0 Å². The zero-order chi connectivity index (χ0) is 14.7. The number of anilines is 1. The number of rotatable bonds is 5. The molecule has 0 atom stereocenters. The number of amides is 1. The second-order valence-electron chi connectivity index (χ2n) is 5.33. The van der Waals surface area contributed by atoms with E-state index in [9.17, 15) is 4.79 Å². The van der Waals surface area contributed by atoms with Gasteiger partial charge >= 0.3 is 0 Å². The number of carbonyl (C=O) groups is 1. The minimum absolute atomic E-state index is 0.162. The number of nitrogens with two attached hydrogens (primary N) is 1. The molecule has 21 heavy (non-hydrogen) atoms. The lowest BCUT2D eigenvalue weighted by atomic mass is 10.1. The van der Waals surface area contributed by atoms with Crippen LogP contribution in [-0.2, 0) is 4.74 Å². The fraction of sp³-hybridized carbons (Fsp3) is 0.533. The van der Waals surface area contributed by atoms with Gasteiger partial charge in [-0.3, -0.25) is 4.79 Å². The summed E-state index contributed by atoms with van der Waals surface area (Å²) >= 11 is 0. The van der Waals surface area contributed by atoms with E-state index in [0.717, 1.165) is 12.8 Å². The first kappa shape index (κ1) is 14.0. The Balaban J connectivity index is 1.51. The van der Waals surface area contributed by atoms with Crippen molar-refractivity contribution >= 4 is 11.6 Å². The van der Waals surface area contributed by atoms with Crippen LogP contribution in [0.25, 0.3) is 0 Å². The van der Waals surface area contributed by atoms with Gasteiger partial charge in [0.15, 0.2) is 11.5 Å². The van der Waals surface area contributed by atoms with Crippen LogP contribution >= 0.6 is 0 Å². The topological polar surface area (TPSA) is 82.8 Å². The number of carbonyl (C=O) groups excluding carboxylic acids is 1. The highest BCUT2D eigenvalue weighted by molar-refractivity contribution is 6.00. The Morgan fingerprint density at radius 2 is 2.00 bits per heavy atom. The molecule has 1 saturated carbocycles. The van der Waals surface area contributed by atoms with Gasteiger partial charge in [-0.05, 0) is 18.9 Å². The minimum Gasteiger partial charge on any atom is -0.454 e. The molecule has 1 aromatic rings. The SMILES string of the molecule is Nc1cc2c(cc1C(=O)NCCOC1CCCC1)OCO2. The summed E-state index contributed by atoms with van der Waals surface area (Å²) in [5, 5.41) is 2.81. The van der Waals surface area contributed by atoms with E-state index in [2.05, 4.69) is 5.32 Å². The summed E-state index contributed by atoms with van der Waals surface area (Å²) in [5.74, 6) is 0.908. The largest absolute Gasteiger partial charge is 0.454 e. The standard InChI is InChI=1S/C15H20N2O4/c16-12-8-14-13(20-9-21-14)7-11(12)15(18)17-5-6-19-10-3-1-2-4-10/h7-8,10H,1-6,9,16H2,(H,17,18). The Hall–Kier alpha value is -1.95. The van der Waals surface area contributed by atoms with Gasteiger partial charge in [-0.15, -0.1) is 0 Å². The van der Waals surface area contributed by atoms with E-state index >= 15 is 0 Å². The van der Waals surface area contributed by atoms with Crippen molar-refractivity contribution in [3.8, 4) is 11.5 Å². The highest BCUT2D eigenvalue weighted by atomic mass is 16.7. The van der Waals surface area contributed by atoms with Crippen molar-refractivity contribution in [2.24, 2.45) is 0 Å². The molecule has 2 aliphatic rings. The second-order valence-corrected chi connectivity index (χ2v) is 5.33. The molecule has 0 bridgehead atoms. The molecule has 1 aromatic carbocycles. The van der Waals surface area contributed by atoms with Crippen molar-refractivity contribution in [2.75, 3.05) is 25.7 Å². The van der Waals surface area contributed by atoms with Gasteiger partial charge in [0.25, 0.3) is 5.91 Å². The Morgan fingerprint density at radius 1 is 1.29 bits per heavy atom. The molecule has 1 aliphatic heterocycles. The maximum Gasteiger partial charge on any atom is 0.253 e. The second kappa shape index (κ2) is 6.22. The predicted molar refractivity (Wildman–Crippen MR) is 77.5 cm³/mol. The summed E-state index contributed by atoms with van der Waals surface area (Å²) in [7, 11) is 0. The smallest absolute Gasteiger partial charge is 0.253 e. The number of fused-ring (bicyclic) bond motifs is 1. The number of hydrogen-bond acceptors (Lipinski definition) is 5. The average molecular weight is 292 g/mol. The number of benzene rings is 1. The summed E-state index contributed by atoms with van der Waals surface area (Å²) in [6.07, 6.45) is 5.10. The Bertz CT molecular complexity index is 527. The molecule has 6 nitrogen and oxygen atoms in total. The van der Waals surface area contributed by atoms with E-state index in [1.54, 1.807) is 12.1 Å². The molecule has 0 unspecified atom stereocenters. The highest BCUT2D eigenvalue weighted by Gasteiger charge is 2.20. The van der Waals surface area contributed by atoms with Crippen molar-refractivity contribution in [3.05, 3.63) is 17.7 Å². The van der Waals surface area contributed by atoms with Crippen LogP contribution in [0.2, 0.25) is 0 Å². The molecule has 114 valence electrons. The van der Waals surface area contributed by atoms with Gasteiger partial charge in [-0.1, -0.05) is 12.8 Å². The molecule has 1 heterocycles. The normalized spacial score (nSPS) is 17.1. The molecule has 0 aromatic heterocycles. The van der Waals surface area contributed by atoms with Crippen molar-refractivity contribution in [1.82, 2.24) is 5.32 Å². The Labute approximate surface area is 123 Å². The maximum atomic E-state index is 12.1. The average Bonchev–Trinajstić information content (AvgIpc) is 3.13. The van der Waals surface area contributed by atoms with E-state index in [-0.39, 0.29) is 12.7 Å². The molecule has 3 rings (SSSR count). The van der Waals surface area contributed by atoms with Crippen LogP contribution in [-0.4, -0.2) is 32.0 Å². The third kappa shape index (κ3) is 3.21. The molecule has 1 amide bonds. The van der Waals surface area contributed by atoms with Crippen LogP contribution in [0.4, 0.5) is 5.69 Å².